The molecule has 0 N–H and O–H groups in total. The molecule has 0 atom stereocenters. The van der Waals surface area contributed by atoms with Crippen molar-refractivity contribution < 1.29 is 4.42 Å². The van der Waals surface area contributed by atoms with Crippen molar-refractivity contribution in [2.45, 2.75) is 13.8 Å². The second-order valence-corrected chi connectivity index (χ2v) is 1.97. The van der Waals surface area contributed by atoms with Gasteiger partial charge in [-0.25, -0.2) is 0 Å². The van der Waals surface area contributed by atoms with Gasteiger partial charge in [-0.05, 0) is 13.8 Å². The summed E-state index contributed by atoms with van der Waals surface area (Å²) in [7, 11) is 0. The molecule has 0 saturated carbocycles. The molecule has 0 unspecified atom stereocenters. The van der Waals surface area contributed by atoms with Gasteiger partial charge in [0.25, 0.3) is 6.39 Å². The monoisotopic (exact) mass is 139 g/mol. The van der Waals surface area contributed by atoms with Crippen LogP contribution in [0.4, 0.5) is 5.82 Å². The minimum atomic E-state index is 0.866. The summed E-state index contributed by atoms with van der Waals surface area (Å²) in [5.74, 6) is 0.866. The Kier molecular flexibility index (Phi) is 2.31. The molecule has 0 aliphatic rings. The molecule has 55 valence electrons. The molecule has 0 amide bonds. The third-order valence-corrected chi connectivity index (χ3v) is 1.46. The van der Waals surface area contributed by atoms with Gasteiger partial charge >= 0.3 is 0 Å². The second-order valence-electron chi connectivity index (χ2n) is 1.97. The van der Waals surface area contributed by atoms with E-state index in [0.717, 1.165) is 18.9 Å². The molecule has 1 rings (SSSR count). The summed E-state index contributed by atoms with van der Waals surface area (Å²) in [5, 5.41) is 0. The van der Waals surface area contributed by atoms with E-state index in [1.54, 1.807) is 6.26 Å². The maximum absolute atomic E-state index is 4.72. The Bertz CT molecular complexity index is 168. The lowest BCUT2D eigenvalue weighted by Crippen LogP contribution is -2.21. The normalized spacial score (nSPS) is 9.80. The van der Waals surface area contributed by atoms with Crippen LogP contribution in [0.1, 0.15) is 13.8 Å². The molecular weight excluding hydrogens is 128 g/mol. The predicted molar refractivity (Wildman–Crippen MR) is 38.9 cm³/mol. The first-order valence-electron chi connectivity index (χ1n) is 3.45. The van der Waals surface area contributed by atoms with E-state index in [2.05, 4.69) is 30.1 Å². The minimum Gasteiger partial charge on any atom is -0.439 e. The van der Waals surface area contributed by atoms with Gasteiger partial charge in [-0.3, -0.25) is 0 Å². The first kappa shape index (κ1) is 7.12. The molecule has 0 aliphatic carbocycles. The quantitative estimate of drug-likeness (QED) is 0.632. The molecule has 1 aromatic rings. The Labute approximate surface area is 60.7 Å². The van der Waals surface area contributed by atoms with Crippen molar-refractivity contribution in [2.75, 3.05) is 18.0 Å². The van der Waals surface area contributed by atoms with Gasteiger partial charge in [0.15, 0.2) is 5.82 Å². The van der Waals surface area contributed by atoms with Crippen LogP contribution in [0, 0.1) is 6.39 Å². The molecule has 0 bridgehead atoms. The van der Waals surface area contributed by atoms with Crippen LogP contribution in [-0.2, 0) is 0 Å². The highest BCUT2D eigenvalue weighted by atomic mass is 16.3. The standard InChI is InChI=1S/C7H11N2O/c1-3-9(4-2)7-5-10-6-8-7/h5H,3-4H2,1-2H3. The van der Waals surface area contributed by atoms with Crippen LogP contribution in [0.15, 0.2) is 10.7 Å². The van der Waals surface area contributed by atoms with E-state index < -0.39 is 0 Å². The molecule has 0 spiro atoms. The smallest absolute Gasteiger partial charge is 0.285 e. The number of hydrogen-bond donors (Lipinski definition) is 0. The van der Waals surface area contributed by atoms with Crippen molar-refractivity contribution in [2.24, 2.45) is 0 Å². The molecule has 0 aromatic carbocycles. The zero-order chi connectivity index (χ0) is 7.40. The number of anilines is 1. The van der Waals surface area contributed by atoms with Gasteiger partial charge in [-0.2, -0.15) is 4.98 Å². The summed E-state index contributed by atoms with van der Waals surface area (Å²) in [6.07, 6.45) is 4.02. The van der Waals surface area contributed by atoms with Crippen LogP contribution >= 0.6 is 0 Å². The van der Waals surface area contributed by atoms with E-state index in [9.17, 15) is 0 Å². The minimum absolute atomic E-state index is 0.866. The number of rotatable bonds is 3. The fourth-order valence-electron chi connectivity index (χ4n) is 0.871. The maximum atomic E-state index is 4.72. The highest BCUT2D eigenvalue weighted by Gasteiger charge is 2.02. The Morgan fingerprint density at radius 3 is 2.70 bits per heavy atom. The first-order chi connectivity index (χ1) is 4.88. The van der Waals surface area contributed by atoms with E-state index in [1.807, 2.05) is 0 Å². The molecule has 0 saturated heterocycles. The number of hydrogen-bond acceptors (Lipinski definition) is 3. The first-order valence-corrected chi connectivity index (χ1v) is 3.45. The third kappa shape index (κ3) is 1.29. The molecule has 0 aliphatic heterocycles. The zero-order valence-corrected chi connectivity index (χ0v) is 6.29. The highest BCUT2D eigenvalue weighted by Crippen LogP contribution is 2.07. The summed E-state index contributed by atoms with van der Waals surface area (Å²) in [6.45, 7) is 6.07. The lowest BCUT2D eigenvalue weighted by molar-refractivity contribution is 0.547. The van der Waals surface area contributed by atoms with Gasteiger partial charge in [0.1, 0.15) is 6.26 Å². The van der Waals surface area contributed by atoms with Gasteiger partial charge in [-0.1, -0.05) is 0 Å². The molecular formula is C7H11N2O. The van der Waals surface area contributed by atoms with Crippen LogP contribution in [0.25, 0.3) is 0 Å². The molecule has 1 radical (unpaired) electrons. The Morgan fingerprint density at radius 2 is 2.30 bits per heavy atom. The van der Waals surface area contributed by atoms with Crippen LogP contribution in [0.3, 0.4) is 0 Å². The summed E-state index contributed by atoms with van der Waals surface area (Å²) < 4.78 is 4.72. The lowest BCUT2D eigenvalue weighted by atomic mass is 10.5. The third-order valence-electron chi connectivity index (χ3n) is 1.46. The van der Waals surface area contributed by atoms with E-state index in [1.165, 1.54) is 0 Å². The van der Waals surface area contributed by atoms with Gasteiger partial charge in [0, 0.05) is 13.1 Å². The summed E-state index contributed by atoms with van der Waals surface area (Å²) in [6, 6.07) is 0. The highest BCUT2D eigenvalue weighted by molar-refractivity contribution is 5.32. The Morgan fingerprint density at radius 1 is 1.60 bits per heavy atom. The van der Waals surface area contributed by atoms with Gasteiger partial charge in [-0.15, -0.1) is 0 Å². The van der Waals surface area contributed by atoms with E-state index >= 15 is 0 Å². The average Bonchev–Trinajstić information content (AvgIpc) is 2.43. The predicted octanol–water partition coefficient (Wildman–Crippen LogP) is 1.32. The van der Waals surface area contributed by atoms with Crippen molar-refractivity contribution in [3.63, 3.8) is 0 Å². The van der Waals surface area contributed by atoms with Crippen LogP contribution in [0.2, 0.25) is 0 Å². The topological polar surface area (TPSA) is 29.3 Å². The molecule has 1 heterocycles. The SMILES string of the molecule is CCN(CC)c1co[c]n1. The number of oxazole rings is 1. The zero-order valence-electron chi connectivity index (χ0n) is 6.29. The largest absolute Gasteiger partial charge is 0.439 e. The van der Waals surface area contributed by atoms with Crippen molar-refractivity contribution in [1.82, 2.24) is 4.98 Å². The van der Waals surface area contributed by atoms with Crippen molar-refractivity contribution in [1.29, 1.82) is 0 Å². The molecule has 10 heavy (non-hydrogen) atoms. The summed E-state index contributed by atoms with van der Waals surface area (Å²) in [4.78, 5) is 5.99. The number of aromatic nitrogens is 1. The lowest BCUT2D eigenvalue weighted by Gasteiger charge is -2.15. The van der Waals surface area contributed by atoms with Crippen molar-refractivity contribution >= 4 is 5.82 Å². The Hall–Kier alpha value is -0.990. The van der Waals surface area contributed by atoms with Crippen LogP contribution in [-0.4, -0.2) is 18.1 Å². The van der Waals surface area contributed by atoms with Crippen molar-refractivity contribution in [3.8, 4) is 0 Å². The summed E-state index contributed by atoms with van der Waals surface area (Å²) >= 11 is 0. The molecule has 3 heteroatoms. The molecule has 0 fully saturated rings. The van der Waals surface area contributed by atoms with E-state index in [-0.39, 0.29) is 0 Å². The fraction of sp³-hybridized carbons (Fsp3) is 0.571. The summed E-state index contributed by atoms with van der Waals surface area (Å²) in [5.41, 5.74) is 0. The average molecular weight is 139 g/mol. The fourth-order valence-corrected chi connectivity index (χ4v) is 0.871. The molecule has 3 nitrogen and oxygen atoms in total. The number of nitrogens with zero attached hydrogens (tertiary/aromatic N) is 2. The van der Waals surface area contributed by atoms with Crippen LogP contribution < -0.4 is 4.90 Å². The Balaban J connectivity index is 2.64. The van der Waals surface area contributed by atoms with Gasteiger partial charge < -0.3 is 9.32 Å². The molecule has 1 aromatic heterocycles. The van der Waals surface area contributed by atoms with Gasteiger partial charge in [0.2, 0.25) is 0 Å². The van der Waals surface area contributed by atoms with Crippen LogP contribution in [0.5, 0.6) is 0 Å². The maximum Gasteiger partial charge on any atom is 0.285 e. The second kappa shape index (κ2) is 3.25. The van der Waals surface area contributed by atoms with E-state index in [4.69, 9.17) is 4.42 Å². The van der Waals surface area contributed by atoms with Crippen molar-refractivity contribution in [3.05, 3.63) is 12.7 Å². The van der Waals surface area contributed by atoms with E-state index in [0.29, 0.717) is 0 Å². The van der Waals surface area contributed by atoms with Gasteiger partial charge in [0.05, 0.1) is 0 Å².